The predicted molar refractivity (Wildman–Crippen MR) is 96.2 cm³/mol. The van der Waals surface area contributed by atoms with Crippen molar-refractivity contribution in [3.8, 4) is 17.1 Å². The molecule has 0 radical (unpaired) electrons. The minimum Gasteiger partial charge on any atom is -0.481 e. The van der Waals surface area contributed by atoms with Crippen molar-refractivity contribution < 1.29 is 9.47 Å². The molecule has 0 bridgehead atoms. The summed E-state index contributed by atoms with van der Waals surface area (Å²) in [6.07, 6.45) is 3.09. The molecule has 0 saturated carbocycles. The van der Waals surface area contributed by atoms with Gasteiger partial charge in [-0.25, -0.2) is 4.79 Å². The average molecular weight is 341 g/mol. The van der Waals surface area contributed by atoms with Gasteiger partial charge < -0.3 is 14.8 Å². The van der Waals surface area contributed by atoms with Crippen molar-refractivity contribution in [2.45, 2.75) is 25.8 Å². The molecule has 3 heterocycles. The summed E-state index contributed by atoms with van der Waals surface area (Å²) in [5.74, 6) is 1.05. The summed E-state index contributed by atoms with van der Waals surface area (Å²) in [4.78, 5) is 16.1. The molecule has 2 aliphatic rings. The molecule has 6 nitrogen and oxygen atoms in total. The van der Waals surface area contributed by atoms with Crippen LogP contribution in [0.25, 0.3) is 11.3 Å². The average Bonchev–Trinajstić information content (AvgIpc) is 2.66. The molecule has 1 aromatic heterocycles. The first-order valence-electron chi connectivity index (χ1n) is 8.85. The van der Waals surface area contributed by atoms with Crippen LogP contribution in [0.15, 0.2) is 29.1 Å². The lowest BCUT2D eigenvalue weighted by atomic mass is 9.96. The van der Waals surface area contributed by atoms with E-state index >= 15 is 0 Å². The Balaban J connectivity index is 1.57. The van der Waals surface area contributed by atoms with Crippen molar-refractivity contribution in [1.82, 2.24) is 9.55 Å². The van der Waals surface area contributed by atoms with Gasteiger partial charge in [-0.05, 0) is 42.9 Å². The molecule has 0 atom stereocenters. The number of benzene rings is 1. The Morgan fingerprint density at radius 2 is 2.16 bits per heavy atom. The van der Waals surface area contributed by atoms with E-state index in [2.05, 4.69) is 28.5 Å². The highest BCUT2D eigenvalue weighted by Crippen LogP contribution is 2.31. The Labute approximate surface area is 146 Å². The molecule has 0 aliphatic carbocycles. The molecule has 4 rings (SSSR count). The zero-order chi connectivity index (χ0) is 17.2. The fraction of sp³-hybridized carbons (Fsp3) is 0.474. The van der Waals surface area contributed by atoms with Crippen LogP contribution in [0.1, 0.15) is 18.4 Å². The lowest BCUT2D eigenvalue weighted by molar-refractivity contribution is 0.0699. The van der Waals surface area contributed by atoms with E-state index in [4.69, 9.17) is 9.47 Å². The van der Waals surface area contributed by atoms with Crippen LogP contribution in [-0.4, -0.2) is 36.4 Å². The van der Waals surface area contributed by atoms with Crippen molar-refractivity contribution in [2.75, 3.05) is 32.2 Å². The van der Waals surface area contributed by atoms with Gasteiger partial charge in [0.15, 0.2) is 0 Å². The van der Waals surface area contributed by atoms with Crippen LogP contribution in [0.4, 0.5) is 5.69 Å². The lowest BCUT2D eigenvalue weighted by Crippen LogP contribution is -2.28. The number of ether oxygens (including phenoxy) is 2. The molecule has 1 saturated heterocycles. The van der Waals surface area contributed by atoms with Crippen molar-refractivity contribution in [3.05, 3.63) is 40.3 Å². The van der Waals surface area contributed by atoms with Crippen LogP contribution in [0, 0.1) is 5.92 Å². The molecule has 132 valence electrons. The third-order valence-corrected chi connectivity index (χ3v) is 5.12. The summed E-state index contributed by atoms with van der Waals surface area (Å²) >= 11 is 0. The first kappa shape index (κ1) is 16.1. The molecule has 0 spiro atoms. The number of anilines is 1. The van der Waals surface area contributed by atoms with Crippen LogP contribution in [0.3, 0.4) is 0 Å². The first-order valence-corrected chi connectivity index (χ1v) is 8.85. The van der Waals surface area contributed by atoms with Crippen molar-refractivity contribution in [1.29, 1.82) is 0 Å². The van der Waals surface area contributed by atoms with Crippen LogP contribution >= 0.6 is 0 Å². The third-order valence-electron chi connectivity index (χ3n) is 5.12. The van der Waals surface area contributed by atoms with Crippen molar-refractivity contribution in [2.24, 2.45) is 5.92 Å². The minimum atomic E-state index is -0.248. The van der Waals surface area contributed by atoms with E-state index in [-0.39, 0.29) is 5.69 Å². The Morgan fingerprint density at radius 3 is 2.96 bits per heavy atom. The largest absolute Gasteiger partial charge is 0.481 e. The Kier molecular flexibility index (Phi) is 4.44. The number of hydrogen-bond donors (Lipinski definition) is 1. The molecule has 1 N–H and O–H groups in total. The molecular formula is C19H23N3O3. The normalized spacial score (nSPS) is 16.8. The number of aryl methyl sites for hydroxylation is 1. The number of rotatable bonds is 4. The fourth-order valence-corrected chi connectivity index (χ4v) is 3.63. The van der Waals surface area contributed by atoms with Crippen molar-refractivity contribution in [3.63, 3.8) is 0 Å². The number of aromatic nitrogens is 2. The van der Waals surface area contributed by atoms with Gasteiger partial charge in [0.05, 0.1) is 12.8 Å². The summed E-state index contributed by atoms with van der Waals surface area (Å²) in [6, 6.07) is 8.22. The standard InChI is InChI=1S/C19H23N3O3/c1-24-18-11-17-16-3-2-15(20-12-13-5-8-25-9-6-13)10-14(16)4-7-22(17)19(23)21-18/h2-3,10-11,13,20H,4-9,12H2,1H3. The molecule has 0 amide bonds. The van der Waals surface area contributed by atoms with E-state index in [0.29, 0.717) is 18.3 Å². The van der Waals surface area contributed by atoms with Gasteiger partial charge in [0.25, 0.3) is 0 Å². The lowest BCUT2D eigenvalue weighted by Gasteiger charge is -2.24. The molecule has 2 aromatic rings. The number of methoxy groups -OCH3 is 1. The second-order valence-electron chi connectivity index (χ2n) is 6.68. The Bertz CT molecular complexity index is 825. The van der Waals surface area contributed by atoms with E-state index < -0.39 is 0 Å². The highest BCUT2D eigenvalue weighted by Gasteiger charge is 2.19. The van der Waals surface area contributed by atoms with Crippen LogP contribution in [-0.2, 0) is 17.7 Å². The second-order valence-corrected chi connectivity index (χ2v) is 6.68. The van der Waals surface area contributed by atoms with Gasteiger partial charge in [-0.15, -0.1) is 0 Å². The van der Waals surface area contributed by atoms with Gasteiger partial charge >= 0.3 is 5.69 Å². The van der Waals surface area contributed by atoms with Gasteiger partial charge in [-0.1, -0.05) is 6.07 Å². The maximum Gasteiger partial charge on any atom is 0.351 e. The van der Waals surface area contributed by atoms with Gasteiger partial charge in [0.2, 0.25) is 5.88 Å². The predicted octanol–water partition coefficient (Wildman–Crippen LogP) is 2.31. The second kappa shape index (κ2) is 6.88. The number of nitrogens with zero attached hydrogens (tertiary/aromatic N) is 2. The SMILES string of the molecule is COc1cc2n(c(=O)n1)CCc1cc(NCC3CCOCC3)ccc1-2. The molecule has 0 unspecified atom stereocenters. The maximum atomic E-state index is 12.1. The first-order chi connectivity index (χ1) is 12.2. The highest BCUT2D eigenvalue weighted by molar-refractivity contribution is 5.69. The van der Waals surface area contributed by atoms with Gasteiger partial charge in [0, 0.05) is 43.6 Å². The summed E-state index contributed by atoms with van der Waals surface area (Å²) in [7, 11) is 1.53. The summed E-state index contributed by atoms with van der Waals surface area (Å²) in [5, 5.41) is 3.56. The van der Waals surface area contributed by atoms with E-state index in [1.165, 1.54) is 12.7 Å². The van der Waals surface area contributed by atoms with Crippen LogP contribution in [0.5, 0.6) is 5.88 Å². The zero-order valence-corrected chi connectivity index (χ0v) is 14.5. The van der Waals surface area contributed by atoms with E-state index in [1.807, 2.05) is 6.07 Å². The monoisotopic (exact) mass is 341 g/mol. The maximum absolute atomic E-state index is 12.1. The number of fused-ring (bicyclic) bond motifs is 3. The van der Waals surface area contributed by atoms with Gasteiger partial charge in [-0.2, -0.15) is 4.98 Å². The molecular weight excluding hydrogens is 318 g/mol. The summed E-state index contributed by atoms with van der Waals surface area (Å²) in [6.45, 7) is 3.38. The Morgan fingerprint density at radius 1 is 1.32 bits per heavy atom. The highest BCUT2D eigenvalue weighted by atomic mass is 16.5. The topological polar surface area (TPSA) is 65.4 Å². The zero-order valence-electron chi connectivity index (χ0n) is 14.5. The number of nitrogens with one attached hydrogen (secondary N) is 1. The van der Waals surface area contributed by atoms with E-state index in [9.17, 15) is 4.79 Å². The molecule has 1 aromatic carbocycles. The summed E-state index contributed by atoms with van der Waals surface area (Å²) in [5.41, 5.74) is 4.11. The fourth-order valence-electron chi connectivity index (χ4n) is 3.63. The minimum absolute atomic E-state index is 0.248. The molecule has 25 heavy (non-hydrogen) atoms. The quantitative estimate of drug-likeness (QED) is 0.924. The van der Waals surface area contributed by atoms with Crippen LogP contribution in [0.2, 0.25) is 0 Å². The van der Waals surface area contributed by atoms with Gasteiger partial charge in [-0.3, -0.25) is 4.57 Å². The number of hydrogen-bond acceptors (Lipinski definition) is 5. The molecule has 2 aliphatic heterocycles. The Hall–Kier alpha value is -2.34. The van der Waals surface area contributed by atoms with Crippen LogP contribution < -0.4 is 15.7 Å². The van der Waals surface area contributed by atoms with Gasteiger partial charge in [0.1, 0.15) is 0 Å². The van der Waals surface area contributed by atoms with E-state index in [0.717, 1.165) is 56.0 Å². The molecule has 1 fully saturated rings. The summed E-state index contributed by atoms with van der Waals surface area (Å²) < 4.78 is 12.3. The smallest absolute Gasteiger partial charge is 0.351 e. The third kappa shape index (κ3) is 3.26. The molecule has 6 heteroatoms. The van der Waals surface area contributed by atoms with E-state index in [1.54, 1.807) is 4.57 Å². The van der Waals surface area contributed by atoms with Crippen molar-refractivity contribution >= 4 is 5.69 Å².